The topological polar surface area (TPSA) is 468 Å². The second kappa shape index (κ2) is 57.6. The molecule has 0 fully saturated rings. The first-order valence-corrected chi connectivity index (χ1v) is 33.4. The largest absolute Gasteiger partial charge is 0.461 e. The quantitative estimate of drug-likeness (QED) is 0.00305. The van der Waals surface area contributed by atoms with E-state index in [1.807, 2.05) is 36.4 Å². The average molecular weight is 1550 g/mol. The Morgan fingerprint density at radius 1 is 0.545 bits per heavy atom. The monoisotopic (exact) mass is 1540 g/mol. The van der Waals surface area contributed by atoms with E-state index < -0.39 is 28.3 Å². The lowest BCUT2D eigenvalue weighted by Crippen LogP contribution is -2.30. The van der Waals surface area contributed by atoms with Crippen LogP contribution in [0.3, 0.4) is 0 Å². The average Bonchev–Trinajstić information content (AvgIpc) is 1.64. The van der Waals surface area contributed by atoms with E-state index in [4.69, 9.17) is 95.0 Å². The SMILES string of the molecule is C#CCCN.C#CCCN1C(=O)c2ccccc2C1=O.C#CCCNC(=O)c1ccccc1.C#CCCO.CCOC(=O)/C(Cl)=N/O.CCOC(=O)c1cc(CCNC(=O)c2ccccc2)on1.N=N.O=C(Cl)c1ccccc1.O=C(NCCc1cc(C(=O)NO)no1)c1ccccc1.O=C1NC(=O)c2ccccc21.[HH]. The predicted octanol–water partition coefficient (Wildman–Crippen LogP) is 9.36. The van der Waals surface area contributed by atoms with Crippen LogP contribution in [0.4, 0.5) is 0 Å². The third-order valence-corrected chi connectivity index (χ3v) is 13.4. The number of nitrogens with two attached hydrogens (primary N) is 1. The summed E-state index contributed by atoms with van der Waals surface area (Å²) in [6.07, 6.45) is 22.7. The molecule has 0 unspecified atom stereocenters. The lowest BCUT2D eigenvalue weighted by Gasteiger charge is -2.10. The molecule has 0 spiro atoms. The van der Waals surface area contributed by atoms with Crippen LogP contribution in [0.15, 0.2) is 196 Å². The van der Waals surface area contributed by atoms with Crippen LogP contribution in [0.5, 0.6) is 0 Å². The van der Waals surface area contributed by atoms with E-state index in [9.17, 15) is 52.7 Å². The number of carbonyl (C=O) groups excluding carboxylic acids is 11. The van der Waals surface area contributed by atoms with Gasteiger partial charge in [-0.2, -0.15) is 0 Å². The number of esters is 2. The molecule has 2 aromatic heterocycles. The van der Waals surface area contributed by atoms with Gasteiger partial charge in [-0.3, -0.25) is 58.6 Å². The Hall–Kier alpha value is -13.7. The number of benzene rings is 6. The number of aromatic nitrogens is 2. The van der Waals surface area contributed by atoms with Crippen molar-refractivity contribution in [2.24, 2.45) is 10.9 Å². The van der Waals surface area contributed by atoms with Gasteiger partial charge in [-0.05, 0) is 86.1 Å². The van der Waals surface area contributed by atoms with Gasteiger partial charge in [0.1, 0.15) is 11.5 Å². The van der Waals surface area contributed by atoms with Gasteiger partial charge < -0.3 is 50.5 Å². The summed E-state index contributed by atoms with van der Waals surface area (Å²) in [5, 5.41) is 43.2. The number of nitrogens with one attached hydrogen (secondary N) is 7. The summed E-state index contributed by atoms with van der Waals surface area (Å²) in [4.78, 5) is 125. The van der Waals surface area contributed by atoms with E-state index in [1.165, 1.54) is 22.5 Å². The summed E-state index contributed by atoms with van der Waals surface area (Å²) in [7, 11) is 0. The maximum absolute atomic E-state index is 11.8. The molecular formula is C78H82Cl2N12O18. The molecule has 4 heterocycles. The summed E-state index contributed by atoms with van der Waals surface area (Å²) < 4.78 is 19.1. The fraction of sp³-hybridized carbons (Fsp3) is 0.205. The maximum atomic E-state index is 11.8. The molecule has 10 rings (SSSR count). The van der Waals surface area contributed by atoms with Crippen molar-refractivity contribution in [3.63, 3.8) is 0 Å². The highest BCUT2D eigenvalue weighted by Crippen LogP contribution is 2.22. The lowest BCUT2D eigenvalue weighted by molar-refractivity contribution is -0.134. The van der Waals surface area contributed by atoms with E-state index in [0.717, 1.165) is 0 Å². The number of ether oxygens (including phenoxy) is 2. The number of hydrogen-bond donors (Lipinski definition) is 11. The van der Waals surface area contributed by atoms with Crippen LogP contribution < -0.4 is 32.5 Å². The number of carbonyl (C=O) groups is 11. The first-order chi connectivity index (χ1) is 53.1. The number of nitrogens with zero attached hydrogens (tertiary/aromatic N) is 4. The van der Waals surface area contributed by atoms with Gasteiger partial charge in [0.15, 0.2) is 11.4 Å². The minimum absolute atomic E-state index is 0. The van der Waals surface area contributed by atoms with Crippen molar-refractivity contribution in [2.75, 3.05) is 52.5 Å². The molecule has 110 heavy (non-hydrogen) atoms. The van der Waals surface area contributed by atoms with Gasteiger partial charge in [0.2, 0.25) is 0 Å². The van der Waals surface area contributed by atoms with Crippen molar-refractivity contribution in [1.29, 1.82) is 11.1 Å². The molecule has 6 aromatic carbocycles. The van der Waals surface area contributed by atoms with E-state index in [-0.39, 0.29) is 74.0 Å². The number of imide groups is 2. The number of fused-ring (bicyclic) bond motifs is 2. The summed E-state index contributed by atoms with van der Waals surface area (Å²) in [5.74, 6) is 6.93. The molecule has 12 N–H and O–H groups in total. The van der Waals surface area contributed by atoms with Crippen molar-refractivity contribution >= 4 is 92.8 Å². The molecule has 8 amide bonds. The number of aliphatic hydroxyl groups excluding tert-OH is 1. The Morgan fingerprint density at radius 2 is 0.918 bits per heavy atom. The first-order valence-electron chi connectivity index (χ1n) is 32.7. The Bertz CT molecular complexity index is 4340. The fourth-order valence-electron chi connectivity index (χ4n) is 7.93. The first kappa shape index (κ1) is 94.3. The molecule has 2 aliphatic heterocycles. The molecule has 576 valence electrons. The van der Waals surface area contributed by atoms with Crippen LogP contribution in [-0.2, 0) is 27.1 Å². The van der Waals surface area contributed by atoms with Crippen LogP contribution in [-0.4, -0.2) is 153 Å². The molecule has 8 aromatic rings. The van der Waals surface area contributed by atoms with Gasteiger partial charge in [0.05, 0.1) is 42.1 Å². The Balaban J connectivity index is 0.00000126. The molecule has 0 radical (unpaired) electrons. The third kappa shape index (κ3) is 36.8. The van der Waals surface area contributed by atoms with E-state index in [1.54, 1.807) is 147 Å². The summed E-state index contributed by atoms with van der Waals surface area (Å²) in [5.41, 5.74) is 20.8. The number of hydroxylamine groups is 1. The van der Waals surface area contributed by atoms with Gasteiger partial charge in [-0.25, -0.2) is 26.1 Å². The van der Waals surface area contributed by atoms with Crippen molar-refractivity contribution in [3.8, 4) is 49.4 Å². The molecule has 30 nitrogen and oxygen atoms in total. The highest BCUT2D eigenvalue weighted by Gasteiger charge is 2.34. The van der Waals surface area contributed by atoms with Gasteiger partial charge in [0, 0.05) is 107 Å². The van der Waals surface area contributed by atoms with Crippen LogP contribution >= 0.6 is 23.2 Å². The highest BCUT2D eigenvalue weighted by atomic mass is 35.5. The van der Waals surface area contributed by atoms with Crippen LogP contribution in [0.1, 0.15) is 156 Å². The van der Waals surface area contributed by atoms with Gasteiger partial charge >= 0.3 is 11.9 Å². The van der Waals surface area contributed by atoms with Crippen LogP contribution in [0, 0.1) is 60.4 Å². The predicted molar refractivity (Wildman–Crippen MR) is 408 cm³/mol. The number of halogens is 2. The molecule has 0 aliphatic carbocycles. The number of oxime groups is 1. The third-order valence-electron chi connectivity index (χ3n) is 13.0. The molecule has 0 bridgehead atoms. The van der Waals surface area contributed by atoms with Gasteiger partial charge in [-0.15, -0.1) is 49.4 Å². The van der Waals surface area contributed by atoms with Gasteiger partial charge in [0.25, 0.3) is 57.7 Å². The standard InChI is InChI=1S/C15H16N2O4.C13H13N3O4.C12H9NO2.C11H11NO.C8H5NO2.C7H5ClO.C4H6ClNO3.C4H7N.C4H6O.H2N2.H2/c1-2-20-15(19)13-10-12(21-17-13)8-9-16-14(18)11-6-4-3-5-7-11;17-12(9-4-2-1-3-5-9)14-7-6-10-8-11(16-20-10)13(18)15-19;1-2-3-8-13-11(14)9-6-4-5-7-10(9)12(13)15;1-2-3-9-12-11(13)10-7-5-4-6-8-10;10-7-5-3-1-2-4-6(5)8(11)9-7;8-7(9)6-4-2-1-3-5-6;1-2-9-4(7)3(5)6-8;2*1-2-3-4-5;1-2;/h3-7,10H,2,8-9H2,1H3,(H,16,18);1-5,8,19H,6-7H2,(H,14,17)(H,15,18);1,4-7H,3,8H2;1,4-8H,3,9H2,(H,12,13);1-4H,(H,9,10,11);1-5H;8H,2H2,1H3;1H,3-5H2;1,5H,3-4H2;1-2H;1H/b;;;;;;6-3-;;;;. The van der Waals surface area contributed by atoms with Crippen molar-refractivity contribution < 1.29 is 88.2 Å². The molecule has 0 atom stereocenters. The molecular weight excluding hydrogens is 1460 g/mol. The van der Waals surface area contributed by atoms with Crippen molar-refractivity contribution in [1.82, 2.24) is 42.0 Å². The molecule has 2 aliphatic rings. The van der Waals surface area contributed by atoms with E-state index in [0.29, 0.717) is 127 Å². The molecule has 0 saturated heterocycles. The second-order valence-electron chi connectivity index (χ2n) is 20.6. The summed E-state index contributed by atoms with van der Waals surface area (Å²) in [6, 6.07) is 52.0. The Morgan fingerprint density at radius 3 is 1.25 bits per heavy atom. The van der Waals surface area contributed by atoms with Crippen molar-refractivity contribution in [3.05, 3.63) is 249 Å². The van der Waals surface area contributed by atoms with Gasteiger partial charge in [-0.1, -0.05) is 136 Å². The Labute approximate surface area is 645 Å². The molecule has 32 heteroatoms. The number of rotatable bonds is 21. The van der Waals surface area contributed by atoms with E-state index in [2.05, 4.69) is 65.2 Å². The fourth-order valence-corrected chi connectivity index (χ4v) is 8.11. The smallest absolute Gasteiger partial charge is 0.372 e. The zero-order valence-corrected chi connectivity index (χ0v) is 61.1. The minimum atomic E-state index is -0.818. The van der Waals surface area contributed by atoms with Crippen LogP contribution in [0.2, 0.25) is 0 Å². The number of terminal acetylenes is 4. The summed E-state index contributed by atoms with van der Waals surface area (Å²) in [6.45, 7) is 6.13. The second-order valence-corrected chi connectivity index (χ2v) is 21.3. The Kier molecular flexibility index (Phi) is 49.4. The number of hydrogen-bond acceptors (Lipinski definition) is 24. The number of aliphatic hydroxyl groups is 1. The van der Waals surface area contributed by atoms with E-state index >= 15 is 0 Å². The number of amides is 8. The zero-order chi connectivity index (χ0) is 81.9. The zero-order valence-electron chi connectivity index (χ0n) is 59.6. The van der Waals surface area contributed by atoms with Crippen LogP contribution in [0.25, 0.3) is 0 Å². The van der Waals surface area contributed by atoms with Crippen molar-refractivity contribution in [2.45, 2.75) is 52.4 Å². The highest BCUT2D eigenvalue weighted by molar-refractivity contribution is 6.81. The lowest BCUT2D eigenvalue weighted by atomic mass is 10.1. The molecule has 0 saturated carbocycles. The summed E-state index contributed by atoms with van der Waals surface area (Å²) >= 11 is 10.2. The normalized spacial score (nSPS) is 10.4. The maximum Gasteiger partial charge on any atom is 0.372 e. The minimum Gasteiger partial charge on any atom is -0.461 e.